The van der Waals surface area contributed by atoms with Crippen LogP contribution in [0.4, 0.5) is 0 Å². The molecule has 0 bridgehead atoms. The Hall–Kier alpha value is -2.04. The van der Waals surface area contributed by atoms with Gasteiger partial charge in [0.25, 0.3) is 5.91 Å². The first kappa shape index (κ1) is 27.2. The van der Waals surface area contributed by atoms with Gasteiger partial charge in [0, 0.05) is 27.6 Å². The summed E-state index contributed by atoms with van der Waals surface area (Å²) in [5.74, 6) is 0.181. The van der Waals surface area contributed by atoms with Gasteiger partial charge in [-0.2, -0.15) is 0 Å². The Morgan fingerprint density at radius 1 is 0.848 bits per heavy atom. The van der Waals surface area contributed by atoms with Crippen molar-refractivity contribution in [1.29, 1.82) is 0 Å². The number of nitrogens with one attached hydrogen (secondary N) is 1. The van der Waals surface area contributed by atoms with Gasteiger partial charge in [-0.3, -0.25) is 4.79 Å². The predicted octanol–water partition coefficient (Wildman–Crippen LogP) is 7.44. The average molecular weight is 492 g/mol. The van der Waals surface area contributed by atoms with Crippen molar-refractivity contribution in [2.75, 3.05) is 6.54 Å². The van der Waals surface area contributed by atoms with Crippen LogP contribution in [-0.4, -0.2) is 24.5 Å². The number of ether oxygens (including phenoxy) is 1. The van der Waals surface area contributed by atoms with Gasteiger partial charge in [0.15, 0.2) is 0 Å². The molecule has 0 aliphatic carbocycles. The molecule has 33 heavy (non-hydrogen) atoms. The third-order valence-corrected chi connectivity index (χ3v) is 6.22. The van der Waals surface area contributed by atoms with Crippen LogP contribution in [0.25, 0.3) is 0 Å². The fraction of sp³-hybridized carbons (Fsp3) is 0.481. The molecule has 0 aliphatic heterocycles. The number of rotatable bonds is 11. The molecule has 180 valence electrons. The second-order valence-corrected chi connectivity index (χ2v) is 10.4. The first-order valence-corrected chi connectivity index (χ1v) is 12.3. The Labute approximate surface area is 208 Å². The van der Waals surface area contributed by atoms with Gasteiger partial charge in [-0.05, 0) is 79.6 Å². The summed E-state index contributed by atoms with van der Waals surface area (Å²) < 4.78 is 6.10. The highest BCUT2D eigenvalue weighted by molar-refractivity contribution is 6.31. The van der Waals surface area contributed by atoms with E-state index in [1.165, 1.54) is 0 Å². The molecule has 2 aromatic carbocycles. The zero-order chi connectivity index (χ0) is 24.6. The molecule has 1 unspecified atom stereocenters. The molecule has 0 fully saturated rings. The minimum atomic E-state index is -0.402. The third kappa shape index (κ3) is 8.04. The second kappa shape index (κ2) is 12.4. The smallest absolute Gasteiger partial charge is 0.338 e. The van der Waals surface area contributed by atoms with Crippen molar-refractivity contribution in [2.24, 2.45) is 17.3 Å². The fourth-order valence-electron chi connectivity index (χ4n) is 4.61. The van der Waals surface area contributed by atoms with Crippen LogP contribution < -0.4 is 5.32 Å². The number of amides is 1. The summed E-state index contributed by atoms with van der Waals surface area (Å²) in [5.41, 5.74) is 0.612. The van der Waals surface area contributed by atoms with E-state index in [0.29, 0.717) is 46.0 Å². The van der Waals surface area contributed by atoms with Gasteiger partial charge in [-0.15, -0.1) is 0 Å². The summed E-state index contributed by atoms with van der Waals surface area (Å²) in [4.78, 5) is 25.9. The van der Waals surface area contributed by atoms with E-state index in [9.17, 15) is 9.59 Å². The van der Waals surface area contributed by atoms with Crippen LogP contribution in [0.3, 0.4) is 0 Å². The highest BCUT2D eigenvalue weighted by atomic mass is 35.5. The minimum Gasteiger partial charge on any atom is -0.458 e. The molecule has 2 rings (SSSR count). The van der Waals surface area contributed by atoms with Crippen LogP contribution in [0.1, 0.15) is 74.6 Å². The van der Waals surface area contributed by atoms with Crippen molar-refractivity contribution < 1.29 is 14.3 Å². The van der Waals surface area contributed by atoms with Crippen LogP contribution in [0.5, 0.6) is 0 Å². The highest BCUT2D eigenvalue weighted by Crippen LogP contribution is 2.40. The zero-order valence-electron chi connectivity index (χ0n) is 20.2. The lowest BCUT2D eigenvalue weighted by Crippen LogP contribution is -2.48. The largest absolute Gasteiger partial charge is 0.458 e. The summed E-state index contributed by atoms with van der Waals surface area (Å²) in [6.45, 7) is 11.1. The van der Waals surface area contributed by atoms with Crippen molar-refractivity contribution in [2.45, 2.75) is 60.0 Å². The maximum atomic E-state index is 13.0. The molecule has 0 spiro atoms. The number of carbonyl (C=O) groups is 2. The second-order valence-electron chi connectivity index (χ2n) is 9.56. The van der Waals surface area contributed by atoms with Gasteiger partial charge in [-0.25, -0.2) is 4.79 Å². The molecular weight excluding hydrogens is 457 g/mol. The van der Waals surface area contributed by atoms with Crippen LogP contribution in [0.15, 0.2) is 48.5 Å². The normalized spacial score (nSPS) is 12.6. The lowest BCUT2D eigenvalue weighted by Gasteiger charge is -2.42. The minimum absolute atomic E-state index is 0.164. The molecule has 6 heteroatoms. The SMILES string of the molecule is CCC(OC(=O)c1ccc(Cl)cc1)C(CNC(=O)c1ccc(Cl)cc1)(CC(C)C)CC(C)C. The monoisotopic (exact) mass is 491 g/mol. The number of halogens is 2. The summed E-state index contributed by atoms with van der Waals surface area (Å²) in [5, 5.41) is 4.27. The Balaban J connectivity index is 2.31. The van der Waals surface area contributed by atoms with Crippen molar-refractivity contribution in [1.82, 2.24) is 5.32 Å². The molecule has 0 saturated heterocycles. The quantitative estimate of drug-likeness (QED) is 0.332. The van der Waals surface area contributed by atoms with Crippen LogP contribution in [0.2, 0.25) is 10.0 Å². The average Bonchev–Trinajstić information content (AvgIpc) is 2.75. The van der Waals surface area contributed by atoms with E-state index in [1.807, 2.05) is 6.92 Å². The Kier molecular flexibility index (Phi) is 10.2. The van der Waals surface area contributed by atoms with Gasteiger partial charge in [0.05, 0.1) is 5.56 Å². The first-order valence-electron chi connectivity index (χ1n) is 11.6. The predicted molar refractivity (Wildman–Crippen MR) is 136 cm³/mol. The lowest BCUT2D eigenvalue weighted by atomic mass is 9.69. The standard InChI is InChI=1S/C27H35Cl2NO3/c1-6-24(33-26(32)21-9-13-23(29)14-10-21)27(15-18(2)3,16-19(4)5)17-30-25(31)20-7-11-22(28)12-8-20/h7-14,18-19,24H,6,15-17H2,1-5H3,(H,30,31). The van der Waals surface area contributed by atoms with Gasteiger partial charge in [0.2, 0.25) is 0 Å². The molecule has 0 aromatic heterocycles. The molecule has 2 aromatic rings. The highest BCUT2D eigenvalue weighted by Gasteiger charge is 2.42. The van der Waals surface area contributed by atoms with Crippen LogP contribution in [-0.2, 0) is 4.74 Å². The Morgan fingerprint density at radius 2 is 1.30 bits per heavy atom. The summed E-state index contributed by atoms with van der Waals surface area (Å²) in [6.07, 6.45) is 1.93. The molecule has 1 N–H and O–H groups in total. The molecule has 0 saturated carbocycles. The van der Waals surface area contributed by atoms with Crippen LogP contribution >= 0.6 is 23.2 Å². The summed E-state index contributed by atoms with van der Waals surface area (Å²) in [7, 11) is 0. The molecule has 1 atom stereocenters. The number of benzene rings is 2. The number of hydrogen-bond acceptors (Lipinski definition) is 3. The van der Waals surface area contributed by atoms with Gasteiger partial charge < -0.3 is 10.1 Å². The zero-order valence-corrected chi connectivity index (χ0v) is 21.7. The number of esters is 1. The molecule has 0 radical (unpaired) electrons. The maximum absolute atomic E-state index is 13.0. The van der Waals surface area contributed by atoms with E-state index >= 15 is 0 Å². The molecule has 1 amide bonds. The van der Waals surface area contributed by atoms with E-state index in [-0.39, 0.29) is 18.0 Å². The topological polar surface area (TPSA) is 55.4 Å². The third-order valence-electron chi connectivity index (χ3n) is 5.72. The van der Waals surface area contributed by atoms with Crippen molar-refractivity contribution >= 4 is 35.1 Å². The van der Waals surface area contributed by atoms with E-state index in [1.54, 1.807) is 48.5 Å². The molecule has 0 aliphatic rings. The summed E-state index contributed by atoms with van der Waals surface area (Å²) >= 11 is 11.9. The number of carbonyl (C=O) groups excluding carboxylic acids is 2. The molecule has 4 nitrogen and oxygen atoms in total. The Morgan fingerprint density at radius 3 is 1.73 bits per heavy atom. The van der Waals surface area contributed by atoms with Crippen molar-refractivity contribution in [3.8, 4) is 0 Å². The van der Waals surface area contributed by atoms with Crippen molar-refractivity contribution in [3.05, 3.63) is 69.7 Å². The van der Waals surface area contributed by atoms with Crippen molar-refractivity contribution in [3.63, 3.8) is 0 Å². The molecular formula is C27H35Cl2NO3. The lowest BCUT2D eigenvalue weighted by molar-refractivity contribution is -0.0373. The van der Waals surface area contributed by atoms with Gasteiger partial charge in [-0.1, -0.05) is 57.8 Å². The van der Waals surface area contributed by atoms with Gasteiger partial charge in [0.1, 0.15) is 6.10 Å². The van der Waals surface area contributed by atoms with E-state index < -0.39 is 5.41 Å². The number of hydrogen-bond donors (Lipinski definition) is 1. The van der Waals surface area contributed by atoms with E-state index in [2.05, 4.69) is 33.0 Å². The molecule has 0 heterocycles. The first-order chi connectivity index (χ1) is 15.6. The van der Waals surface area contributed by atoms with E-state index in [0.717, 1.165) is 12.8 Å². The van der Waals surface area contributed by atoms with Gasteiger partial charge >= 0.3 is 5.97 Å². The Bertz CT molecular complexity index is 898. The van der Waals surface area contributed by atoms with E-state index in [4.69, 9.17) is 27.9 Å². The van der Waals surface area contributed by atoms with Crippen LogP contribution in [0, 0.1) is 17.3 Å². The summed E-state index contributed by atoms with van der Waals surface area (Å²) in [6, 6.07) is 13.5. The fourth-order valence-corrected chi connectivity index (χ4v) is 4.87. The maximum Gasteiger partial charge on any atom is 0.338 e.